The summed E-state index contributed by atoms with van der Waals surface area (Å²) in [5.74, 6) is -2.15. The van der Waals surface area contributed by atoms with Crippen molar-refractivity contribution in [3.05, 3.63) is 35.9 Å². The van der Waals surface area contributed by atoms with Crippen molar-refractivity contribution < 1.29 is 24.5 Å². The van der Waals surface area contributed by atoms with Crippen LogP contribution in [0.5, 0.6) is 0 Å². The molecule has 0 saturated heterocycles. The molecule has 0 radical (unpaired) electrons. The molecule has 2 N–H and O–H groups in total. The number of carboxylic acids is 1. The van der Waals surface area contributed by atoms with Gasteiger partial charge in [-0.3, -0.25) is 9.59 Å². The smallest absolute Gasteiger partial charge is 0.328 e. The predicted octanol–water partition coefficient (Wildman–Crippen LogP) is 1.73. The summed E-state index contributed by atoms with van der Waals surface area (Å²) < 4.78 is 5.20. The van der Waals surface area contributed by atoms with E-state index in [0.29, 0.717) is 12.0 Å². The van der Waals surface area contributed by atoms with E-state index in [4.69, 9.17) is 4.74 Å². The lowest BCUT2D eigenvalue weighted by Crippen LogP contribution is -2.46. The van der Waals surface area contributed by atoms with E-state index in [-0.39, 0.29) is 12.5 Å². The molecule has 0 aliphatic carbocycles. The van der Waals surface area contributed by atoms with Crippen LogP contribution in [0.15, 0.2) is 30.3 Å². The summed E-state index contributed by atoms with van der Waals surface area (Å²) >= 11 is 0. The first-order valence-electron chi connectivity index (χ1n) is 6.59. The van der Waals surface area contributed by atoms with Crippen LogP contribution in [0.4, 0.5) is 0 Å². The Morgan fingerprint density at radius 3 is 2.35 bits per heavy atom. The van der Waals surface area contributed by atoms with E-state index in [2.05, 4.69) is 0 Å². The van der Waals surface area contributed by atoms with E-state index in [1.165, 1.54) is 0 Å². The van der Waals surface area contributed by atoms with Crippen molar-refractivity contribution in [3.63, 3.8) is 0 Å². The maximum atomic E-state index is 12.4. The predicted molar refractivity (Wildman–Crippen MR) is 73.3 cm³/mol. The number of hydrogen-bond donors (Lipinski definition) is 2. The van der Waals surface area contributed by atoms with Gasteiger partial charge in [0.15, 0.2) is 5.41 Å². The van der Waals surface area contributed by atoms with E-state index < -0.39 is 24.0 Å². The molecule has 0 spiro atoms. The normalized spacial score (nSPS) is 15.2. The summed E-state index contributed by atoms with van der Waals surface area (Å²) in [7, 11) is 0. The van der Waals surface area contributed by atoms with Gasteiger partial charge >= 0.3 is 11.9 Å². The Labute approximate surface area is 118 Å². The first-order valence-corrected chi connectivity index (χ1v) is 6.59. The first-order chi connectivity index (χ1) is 9.48. The van der Waals surface area contributed by atoms with Crippen LogP contribution in [-0.2, 0) is 19.7 Å². The fraction of sp³-hybridized carbons (Fsp3) is 0.467. The third-order valence-electron chi connectivity index (χ3n) is 3.35. The van der Waals surface area contributed by atoms with Crippen LogP contribution in [0.1, 0.15) is 32.3 Å². The van der Waals surface area contributed by atoms with Gasteiger partial charge < -0.3 is 14.9 Å². The Balaban J connectivity index is 3.25. The molecule has 0 aliphatic heterocycles. The summed E-state index contributed by atoms with van der Waals surface area (Å²) in [6.45, 7) is 3.13. The summed E-state index contributed by atoms with van der Waals surface area (Å²) in [6.07, 6.45) is 0.000353. The second-order valence-corrected chi connectivity index (χ2v) is 4.67. The van der Waals surface area contributed by atoms with Gasteiger partial charge in [-0.05, 0) is 18.9 Å². The molecular formula is C15H20O5. The van der Waals surface area contributed by atoms with Gasteiger partial charge in [0.05, 0.1) is 6.10 Å². The number of rotatable bonds is 7. The van der Waals surface area contributed by atoms with Crippen molar-refractivity contribution in [3.8, 4) is 0 Å². The fourth-order valence-electron chi connectivity index (χ4n) is 1.94. The molecule has 0 aliphatic rings. The van der Waals surface area contributed by atoms with Crippen molar-refractivity contribution >= 4 is 11.9 Å². The van der Waals surface area contributed by atoms with Gasteiger partial charge in [-0.15, -0.1) is 0 Å². The number of aliphatic hydroxyl groups excluding tert-OH is 1. The number of esters is 1. The van der Waals surface area contributed by atoms with Crippen molar-refractivity contribution in [1.82, 2.24) is 0 Å². The van der Waals surface area contributed by atoms with Gasteiger partial charge in [-0.25, -0.2) is 0 Å². The molecule has 0 saturated carbocycles. The standard InChI is InChI=1S/C15H20O5/c1-3-11(2)20-14(19)15(9-10-16,13(17)18)12-7-5-4-6-8-12/h4-8,11,16H,3,9-10H2,1-2H3,(H,17,18). The van der Waals surface area contributed by atoms with Crippen LogP contribution < -0.4 is 0 Å². The van der Waals surface area contributed by atoms with E-state index in [1.807, 2.05) is 6.92 Å². The number of carbonyl (C=O) groups is 2. The quantitative estimate of drug-likeness (QED) is 0.587. The van der Waals surface area contributed by atoms with Gasteiger partial charge in [0.2, 0.25) is 0 Å². The molecule has 110 valence electrons. The van der Waals surface area contributed by atoms with Crippen molar-refractivity contribution in [1.29, 1.82) is 0 Å². The Morgan fingerprint density at radius 1 is 1.30 bits per heavy atom. The lowest BCUT2D eigenvalue weighted by Gasteiger charge is -2.28. The highest BCUT2D eigenvalue weighted by molar-refractivity contribution is 6.05. The van der Waals surface area contributed by atoms with E-state index in [9.17, 15) is 19.8 Å². The first kappa shape index (κ1) is 16.2. The molecule has 1 aromatic rings. The fourth-order valence-corrected chi connectivity index (χ4v) is 1.94. The van der Waals surface area contributed by atoms with Crippen LogP contribution in [0.3, 0.4) is 0 Å². The van der Waals surface area contributed by atoms with Crippen molar-refractivity contribution in [2.45, 2.75) is 38.2 Å². The maximum absolute atomic E-state index is 12.4. The minimum Gasteiger partial charge on any atom is -0.480 e. The number of carboxylic acid groups (broad SMARTS) is 1. The van der Waals surface area contributed by atoms with Gasteiger partial charge in [-0.1, -0.05) is 37.3 Å². The molecule has 20 heavy (non-hydrogen) atoms. The third kappa shape index (κ3) is 3.17. The molecule has 0 amide bonds. The molecule has 2 atom stereocenters. The number of carbonyl (C=O) groups excluding carboxylic acids is 1. The van der Waals surface area contributed by atoms with Crippen LogP contribution >= 0.6 is 0 Å². The molecule has 0 aromatic heterocycles. The number of aliphatic carboxylic acids is 1. The Morgan fingerprint density at radius 2 is 1.90 bits per heavy atom. The van der Waals surface area contributed by atoms with Gasteiger partial charge in [-0.2, -0.15) is 0 Å². The maximum Gasteiger partial charge on any atom is 0.328 e. The largest absolute Gasteiger partial charge is 0.480 e. The second-order valence-electron chi connectivity index (χ2n) is 4.67. The topological polar surface area (TPSA) is 83.8 Å². The average molecular weight is 280 g/mol. The summed E-state index contributed by atoms with van der Waals surface area (Å²) in [5.41, 5.74) is -1.55. The van der Waals surface area contributed by atoms with Gasteiger partial charge in [0, 0.05) is 13.0 Å². The summed E-state index contributed by atoms with van der Waals surface area (Å²) in [6, 6.07) is 8.15. The lowest BCUT2D eigenvalue weighted by molar-refractivity contribution is -0.166. The summed E-state index contributed by atoms with van der Waals surface area (Å²) in [4.78, 5) is 24.1. The van der Waals surface area contributed by atoms with Crippen molar-refractivity contribution in [2.24, 2.45) is 0 Å². The van der Waals surface area contributed by atoms with E-state index >= 15 is 0 Å². The number of hydrogen-bond acceptors (Lipinski definition) is 4. The van der Waals surface area contributed by atoms with Gasteiger partial charge in [0.25, 0.3) is 0 Å². The van der Waals surface area contributed by atoms with Crippen LogP contribution in [0, 0.1) is 0 Å². The molecule has 0 bridgehead atoms. The minimum atomic E-state index is -1.86. The number of benzene rings is 1. The van der Waals surface area contributed by atoms with Gasteiger partial charge in [0.1, 0.15) is 0 Å². The zero-order valence-electron chi connectivity index (χ0n) is 11.7. The molecular weight excluding hydrogens is 260 g/mol. The van der Waals surface area contributed by atoms with E-state index in [0.717, 1.165) is 0 Å². The second kappa shape index (κ2) is 7.05. The molecule has 2 unspecified atom stereocenters. The zero-order chi connectivity index (χ0) is 15.2. The van der Waals surface area contributed by atoms with E-state index in [1.54, 1.807) is 37.3 Å². The highest BCUT2D eigenvalue weighted by atomic mass is 16.5. The summed E-state index contributed by atoms with van der Waals surface area (Å²) in [5, 5.41) is 18.7. The molecule has 1 rings (SSSR count). The number of aliphatic hydroxyl groups is 1. The Hall–Kier alpha value is -1.88. The third-order valence-corrected chi connectivity index (χ3v) is 3.35. The highest BCUT2D eigenvalue weighted by Crippen LogP contribution is 2.31. The SMILES string of the molecule is CCC(C)OC(=O)C(CCO)(C(=O)O)c1ccccc1. The zero-order valence-corrected chi connectivity index (χ0v) is 11.7. The Kier molecular flexibility index (Phi) is 5.70. The lowest BCUT2D eigenvalue weighted by atomic mass is 9.77. The van der Waals surface area contributed by atoms with Crippen LogP contribution in [0.25, 0.3) is 0 Å². The van der Waals surface area contributed by atoms with Crippen LogP contribution in [0.2, 0.25) is 0 Å². The minimum absolute atomic E-state index is 0.221. The average Bonchev–Trinajstić information content (AvgIpc) is 2.44. The molecule has 5 nitrogen and oxygen atoms in total. The van der Waals surface area contributed by atoms with Crippen molar-refractivity contribution in [2.75, 3.05) is 6.61 Å². The highest BCUT2D eigenvalue weighted by Gasteiger charge is 2.49. The molecule has 0 fully saturated rings. The van der Waals surface area contributed by atoms with Crippen LogP contribution in [-0.4, -0.2) is 34.9 Å². The molecule has 5 heteroatoms. The number of ether oxygens (including phenoxy) is 1. The monoisotopic (exact) mass is 280 g/mol. The molecule has 0 heterocycles. The Bertz CT molecular complexity index is 457. The molecule has 1 aromatic carbocycles.